The third-order valence-corrected chi connectivity index (χ3v) is 2.74. The molecule has 2 rings (SSSR count). The smallest absolute Gasteiger partial charge is 0.292 e. The predicted molar refractivity (Wildman–Crippen MR) is 62.7 cm³/mol. The van der Waals surface area contributed by atoms with Crippen molar-refractivity contribution >= 4 is 11.4 Å². The molecule has 2 N–H and O–H groups in total. The van der Waals surface area contributed by atoms with Crippen LogP contribution in [0.15, 0.2) is 18.2 Å². The molecule has 1 unspecified atom stereocenters. The molecule has 1 heterocycles. The van der Waals surface area contributed by atoms with Crippen molar-refractivity contribution in [3.8, 4) is 6.07 Å². The van der Waals surface area contributed by atoms with Crippen LogP contribution < -0.4 is 10.6 Å². The highest BCUT2D eigenvalue weighted by Crippen LogP contribution is 2.26. The Bertz CT molecular complexity index is 475. The minimum atomic E-state index is -0.439. The van der Waals surface area contributed by atoms with E-state index in [1.54, 1.807) is 0 Å². The zero-order chi connectivity index (χ0) is 12.3. The van der Waals surface area contributed by atoms with E-state index >= 15 is 0 Å². The van der Waals surface area contributed by atoms with Gasteiger partial charge in [-0.3, -0.25) is 10.1 Å². The molecule has 0 aliphatic carbocycles. The number of nitriles is 1. The number of anilines is 1. The van der Waals surface area contributed by atoms with Crippen molar-refractivity contribution in [1.82, 2.24) is 5.32 Å². The number of hydrogen-bond donors (Lipinski definition) is 2. The number of benzene rings is 1. The lowest BCUT2D eigenvalue weighted by molar-refractivity contribution is -0.384. The number of nitro benzene ring substituents is 1. The van der Waals surface area contributed by atoms with E-state index in [0.29, 0.717) is 11.3 Å². The van der Waals surface area contributed by atoms with Crippen LogP contribution in [0.1, 0.15) is 12.0 Å². The first-order chi connectivity index (χ1) is 8.20. The van der Waals surface area contributed by atoms with Gasteiger partial charge in [0.1, 0.15) is 5.69 Å². The molecule has 0 amide bonds. The molecule has 88 valence electrons. The van der Waals surface area contributed by atoms with Gasteiger partial charge in [-0.15, -0.1) is 0 Å². The lowest BCUT2D eigenvalue weighted by atomic mass is 10.1. The molecule has 6 nitrogen and oxygen atoms in total. The van der Waals surface area contributed by atoms with Crippen molar-refractivity contribution in [3.05, 3.63) is 33.9 Å². The monoisotopic (exact) mass is 232 g/mol. The number of nitrogens with one attached hydrogen (secondary N) is 2. The Balaban J connectivity index is 2.28. The highest BCUT2D eigenvalue weighted by molar-refractivity contribution is 5.64. The van der Waals surface area contributed by atoms with E-state index in [2.05, 4.69) is 10.6 Å². The standard InChI is InChI=1S/C11H12N4O2/c12-6-8-1-2-11(15(16)17)10(5-8)14-9-3-4-13-7-9/h1-2,5,9,13-14H,3-4,7H2. The highest BCUT2D eigenvalue weighted by Gasteiger charge is 2.20. The Morgan fingerprint density at radius 1 is 1.59 bits per heavy atom. The predicted octanol–water partition coefficient (Wildman–Crippen LogP) is 1.24. The third-order valence-electron chi connectivity index (χ3n) is 2.74. The van der Waals surface area contributed by atoms with Crippen LogP contribution in [0.5, 0.6) is 0 Å². The summed E-state index contributed by atoms with van der Waals surface area (Å²) in [4.78, 5) is 10.4. The zero-order valence-corrected chi connectivity index (χ0v) is 9.14. The van der Waals surface area contributed by atoms with Gasteiger partial charge < -0.3 is 10.6 Å². The second-order valence-corrected chi connectivity index (χ2v) is 3.93. The van der Waals surface area contributed by atoms with Gasteiger partial charge in [0, 0.05) is 18.7 Å². The molecule has 6 heteroatoms. The summed E-state index contributed by atoms with van der Waals surface area (Å²) in [6, 6.07) is 6.51. The quantitative estimate of drug-likeness (QED) is 0.604. The fourth-order valence-electron chi connectivity index (χ4n) is 1.88. The number of nitro groups is 1. The summed E-state index contributed by atoms with van der Waals surface area (Å²) in [5.74, 6) is 0. The van der Waals surface area contributed by atoms with Crippen LogP contribution in [-0.2, 0) is 0 Å². The molecule has 1 atom stereocenters. The van der Waals surface area contributed by atoms with Crippen molar-refractivity contribution in [2.24, 2.45) is 0 Å². The van der Waals surface area contributed by atoms with Gasteiger partial charge >= 0.3 is 0 Å². The first-order valence-electron chi connectivity index (χ1n) is 5.36. The fraction of sp³-hybridized carbons (Fsp3) is 0.364. The van der Waals surface area contributed by atoms with Crippen LogP contribution in [0.4, 0.5) is 11.4 Å². The van der Waals surface area contributed by atoms with Crippen molar-refractivity contribution in [3.63, 3.8) is 0 Å². The van der Waals surface area contributed by atoms with E-state index in [-0.39, 0.29) is 11.7 Å². The number of nitrogens with zero attached hydrogens (tertiary/aromatic N) is 2. The molecule has 1 aliphatic rings. The van der Waals surface area contributed by atoms with Gasteiger partial charge in [0.25, 0.3) is 5.69 Å². The van der Waals surface area contributed by atoms with Crippen LogP contribution in [0, 0.1) is 21.4 Å². The van der Waals surface area contributed by atoms with Crippen LogP contribution in [0.3, 0.4) is 0 Å². The summed E-state index contributed by atoms with van der Waals surface area (Å²) in [6.45, 7) is 1.69. The minimum Gasteiger partial charge on any atom is -0.375 e. The van der Waals surface area contributed by atoms with E-state index in [0.717, 1.165) is 19.5 Å². The largest absolute Gasteiger partial charge is 0.375 e. The third kappa shape index (κ3) is 2.52. The number of rotatable bonds is 3. The van der Waals surface area contributed by atoms with E-state index in [1.165, 1.54) is 18.2 Å². The second kappa shape index (κ2) is 4.80. The summed E-state index contributed by atoms with van der Waals surface area (Å²) in [7, 11) is 0. The molecule has 0 spiro atoms. The molecule has 17 heavy (non-hydrogen) atoms. The molecular weight excluding hydrogens is 220 g/mol. The summed E-state index contributed by atoms with van der Waals surface area (Å²) < 4.78 is 0. The summed E-state index contributed by atoms with van der Waals surface area (Å²) in [6.07, 6.45) is 0.925. The average Bonchev–Trinajstić information content (AvgIpc) is 2.81. The zero-order valence-electron chi connectivity index (χ0n) is 9.14. The maximum atomic E-state index is 10.9. The van der Waals surface area contributed by atoms with E-state index in [1.807, 2.05) is 6.07 Å². The first-order valence-corrected chi connectivity index (χ1v) is 5.36. The summed E-state index contributed by atoms with van der Waals surface area (Å²) >= 11 is 0. The van der Waals surface area contributed by atoms with E-state index in [9.17, 15) is 10.1 Å². The topological polar surface area (TPSA) is 91.0 Å². The van der Waals surface area contributed by atoms with Crippen molar-refractivity contribution in [1.29, 1.82) is 5.26 Å². The van der Waals surface area contributed by atoms with Gasteiger partial charge in [-0.05, 0) is 25.1 Å². The lowest BCUT2D eigenvalue weighted by Crippen LogP contribution is -2.22. The number of hydrogen-bond acceptors (Lipinski definition) is 5. The Kier molecular flexibility index (Phi) is 3.21. The molecule has 0 radical (unpaired) electrons. The Hall–Kier alpha value is -2.13. The van der Waals surface area contributed by atoms with E-state index in [4.69, 9.17) is 5.26 Å². The lowest BCUT2D eigenvalue weighted by Gasteiger charge is -2.12. The molecule has 1 aromatic rings. The SMILES string of the molecule is N#Cc1ccc([N+](=O)[O-])c(NC2CCNC2)c1. The average molecular weight is 232 g/mol. The van der Waals surface area contributed by atoms with Gasteiger partial charge in [0.05, 0.1) is 16.6 Å². The fourth-order valence-corrected chi connectivity index (χ4v) is 1.88. The molecule has 0 aromatic heterocycles. The van der Waals surface area contributed by atoms with Crippen LogP contribution in [0.2, 0.25) is 0 Å². The minimum absolute atomic E-state index is 0.0101. The van der Waals surface area contributed by atoms with Gasteiger partial charge in [0.2, 0.25) is 0 Å². The van der Waals surface area contributed by atoms with Gasteiger partial charge in [-0.25, -0.2) is 0 Å². The molecular formula is C11H12N4O2. The van der Waals surface area contributed by atoms with Gasteiger partial charge in [-0.1, -0.05) is 0 Å². The maximum Gasteiger partial charge on any atom is 0.292 e. The maximum absolute atomic E-state index is 10.9. The van der Waals surface area contributed by atoms with Crippen LogP contribution in [-0.4, -0.2) is 24.1 Å². The normalized spacial score (nSPS) is 18.6. The summed E-state index contributed by atoms with van der Waals surface area (Å²) in [5, 5.41) is 25.9. The first kappa shape index (κ1) is 11.4. The summed E-state index contributed by atoms with van der Waals surface area (Å²) in [5.41, 5.74) is 0.850. The second-order valence-electron chi connectivity index (χ2n) is 3.93. The van der Waals surface area contributed by atoms with Gasteiger partial charge in [0.15, 0.2) is 0 Å². The van der Waals surface area contributed by atoms with Crippen molar-refractivity contribution < 1.29 is 4.92 Å². The van der Waals surface area contributed by atoms with Crippen molar-refractivity contribution in [2.45, 2.75) is 12.5 Å². The van der Waals surface area contributed by atoms with Crippen LogP contribution in [0.25, 0.3) is 0 Å². The molecule has 1 aliphatic heterocycles. The highest BCUT2D eigenvalue weighted by atomic mass is 16.6. The van der Waals surface area contributed by atoms with Crippen molar-refractivity contribution in [2.75, 3.05) is 18.4 Å². The molecule has 0 saturated carbocycles. The van der Waals surface area contributed by atoms with Gasteiger partial charge in [-0.2, -0.15) is 5.26 Å². The Morgan fingerprint density at radius 2 is 2.41 bits per heavy atom. The molecule has 1 fully saturated rings. The Labute approximate surface area is 98.4 Å². The molecule has 1 aromatic carbocycles. The molecule has 0 bridgehead atoms. The Morgan fingerprint density at radius 3 is 3.00 bits per heavy atom. The van der Waals surface area contributed by atoms with E-state index < -0.39 is 4.92 Å². The van der Waals surface area contributed by atoms with Crippen LogP contribution >= 0.6 is 0 Å². The molecule has 1 saturated heterocycles.